The van der Waals surface area contributed by atoms with E-state index in [-0.39, 0.29) is 37.5 Å². The smallest absolute Gasteiger partial charge is 0.242 e. The Morgan fingerprint density at radius 1 is 1.03 bits per heavy atom. The number of piperazine rings is 1. The van der Waals surface area contributed by atoms with Crippen LogP contribution in [0.4, 0.5) is 5.69 Å². The van der Waals surface area contributed by atoms with Gasteiger partial charge < -0.3 is 24.6 Å². The van der Waals surface area contributed by atoms with E-state index in [1.165, 1.54) is 4.90 Å². The van der Waals surface area contributed by atoms with Gasteiger partial charge in [0.05, 0.1) is 6.54 Å². The van der Waals surface area contributed by atoms with Crippen LogP contribution < -0.4 is 14.8 Å². The summed E-state index contributed by atoms with van der Waals surface area (Å²) in [6.45, 7) is 3.38. The van der Waals surface area contributed by atoms with Crippen LogP contribution in [0.15, 0.2) is 42.5 Å². The van der Waals surface area contributed by atoms with Gasteiger partial charge in [0.15, 0.2) is 11.5 Å². The van der Waals surface area contributed by atoms with Gasteiger partial charge in [-0.05, 0) is 36.8 Å². The maximum atomic E-state index is 12.5. The second-order valence-electron chi connectivity index (χ2n) is 7.41. The first kappa shape index (κ1) is 19.8. The summed E-state index contributed by atoms with van der Waals surface area (Å²) in [6.07, 6.45) is -0.288. The number of rotatable bonds is 5. The Kier molecular flexibility index (Phi) is 5.56. The van der Waals surface area contributed by atoms with Crippen molar-refractivity contribution in [2.24, 2.45) is 0 Å². The van der Waals surface area contributed by atoms with Crippen LogP contribution in [0, 0.1) is 6.92 Å². The Morgan fingerprint density at radius 3 is 2.57 bits per heavy atom. The monoisotopic (exact) mass is 409 g/mol. The maximum Gasteiger partial charge on any atom is 0.242 e. The van der Waals surface area contributed by atoms with E-state index >= 15 is 0 Å². The SMILES string of the molecule is Cc1ccc(NC(=O)CC(=O)N2CCN(Cc3ccc4c(c3)OCO4)C(=O)C2)cc1. The summed E-state index contributed by atoms with van der Waals surface area (Å²) in [5.74, 6) is 0.485. The van der Waals surface area contributed by atoms with E-state index in [9.17, 15) is 14.4 Å². The zero-order chi connectivity index (χ0) is 21.1. The molecule has 8 nitrogen and oxygen atoms in total. The Labute approximate surface area is 174 Å². The molecule has 1 fully saturated rings. The molecule has 0 atom stereocenters. The highest BCUT2D eigenvalue weighted by molar-refractivity contribution is 6.04. The molecular formula is C22H23N3O5. The predicted molar refractivity (Wildman–Crippen MR) is 109 cm³/mol. The molecule has 8 heteroatoms. The number of benzene rings is 2. The molecule has 0 spiro atoms. The van der Waals surface area contributed by atoms with Crippen molar-refractivity contribution in [3.8, 4) is 11.5 Å². The minimum absolute atomic E-state index is 0.0266. The zero-order valence-electron chi connectivity index (χ0n) is 16.7. The number of carbonyl (C=O) groups excluding carboxylic acids is 3. The van der Waals surface area contributed by atoms with Crippen molar-refractivity contribution in [1.82, 2.24) is 9.80 Å². The summed E-state index contributed by atoms with van der Waals surface area (Å²) in [6, 6.07) is 12.9. The first-order valence-corrected chi connectivity index (χ1v) is 9.78. The first-order chi connectivity index (χ1) is 14.5. The van der Waals surface area contributed by atoms with Gasteiger partial charge in [0.1, 0.15) is 6.42 Å². The van der Waals surface area contributed by atoms with Crippen LogP contribution >= 0.6 is 0 Å². The van der Waals surface area contributed by atoms with Crippen LogP contribution in [0.1, 0.15) is 17.5 Å². The highest BCUT2D eigenvalue weighted by Gasteiger charge is 2.28. The van der Waals surface area contributed by atoms with E-state index in [1.54, 1.807) is 17.0 Å². The predicted octanol–water partition coefficient (Wildman–Crippen LogP) is 1.92. The third-order valence-electron chi connectivity index (χ3n) is 5.13. The number of ether oxygens (including phenoxy) is 2. The Balaban J connectivity index is 1.28. The number of amides is 3. The van der Waals surface area contributed by atoms with Crippen LogP contribution in [0.5, 0.6) is 11.5 Å². The van der Waals surface area contributed by atoms with Crippen LogP contribution in [0.25, 0.3) is 0 Å². The minimum Gasteiger partial charge on any atom is -0.454 e. The van der Waals surface area contributed by atoms with Gasteiger partial charge in [0.25, 0.3) is 0 Å². The first-order valence-electron chi connectivity index (χ1n) is 9.78. The van der Waals surface area contributed by atoms with E-state index in [0.717, 1.165) is 11.1 Å². The Morgan fingerprint density at radius 2 is 1.80 bits per heavy atom. The number of anilines is 1. The summed E-state index contributed by atoms with van der Waals surface area (Å²) < 4.78 is 10.7. The summed E-state index contributed by atoms with van der Waals surface area (Å²) in [5.41, 5.74) is 2.66. The number of aryl methyl sites for hydroxylation is 1. The van der Waals surface area contributed by atoms with Gasteiger partial charge >= 0.3 is 0 Å². The summed E-state index contributed by atoms with van der Waals surface area (Å²) in [5, 5.41) is 2.71. The van der Waals surface area contributed by atoms with E-state index < -0.39 is 0 Å². The lowest BCUT2D eigenvalue weighted by atomic mass is 10.1. The standard InChI is InChI=1S/C22H23N3O5/c1-15-2-5-17(6-3-15)23-20(26)11-21(27)25-9-8-24(22(28)13-25)12-16-4-7-18-19(10-16)30-14-29-18/h2-7,10H,8-9,11-14H2,1H3,(H,23,26). The molecule has 1 N–H and O–H groups in total. The number of hydrogen-bond donors (Lipinski definition) is 1. The maximum absolute atomic E-state index is 12.5. The lowest BCUT2D eigenvalue weighted by Gasteiger charge is -2.34. The van der Waals surface area contributed by atoms with Crippen LogP contribution in [-0.2, 0) is 20.9 Å². The van der Waals surface area contributed by atoms with E-state index in [1.807, 2.05) is 37.3 Å². The third kappa shape index (κ3) is 4.53. The summed E-state index contributed by atoms with van der Waals surface area (Å²) in [7, 11) is 0. The number of fused-ring (bicyclic) bond motifs is 1. The fourth-order valence-electron chi connectivity index (χ4n) is 3.44. The van der Waals surface area contributed by atoms with Gasteiger partial charge in [0.2, 0.25) is 24.5 Å². The molecule has 1 saturated heterocycles. The molecule has 0 aromatic heterocycles. The molecular weight excluding hydrogens is 386 g/mol. The molecule has 2 heterocycles. The van der Waals surface area contributed by atoms with E-state index in [4.69, 9.17) is 9.47 Å². The number of carbonyl (C=O) groups is 3. The van der Waals surface area contributed by atoms with Gasteiger partial charge in [-0.15, -0.1) is 0 Å². The van der Waals surface area contributed by atoms with Crippen molar-refractivity contribution >= 4 is 23.4 Å². The van der Waals surface area contributed by atoms with Gasteiger partial charge in [-0.1, -0.05) is 23.8 Å². The molecule has 2 aliphatic rings. The third-order valence-corrected chi connectivity index (χ3v) is 5.13. The van der Waals surface area contributed by atoms with Crippen molar-refractivity contribution in [2.75, 3.05) is 31.7 Å². The molecule has 0 radical (unpaired) electrons. The zero-order valence-corrected chi connectivity index (χ0v) is 16.7. The number of nitrogens with one attached hydrogen (secondary N) is 1. The normalized spacial score (nSPS) is 15.3. The molecule has 0 saturated carbocycles. The lowest BCUT2D eigenvalue weighted by Crippen LogP contribution is -2.52. The number of nitrogens with zero attached hydrogens (tertiary/aromatic N) is 2. The van der Waals surface area contributed by atoms with E-state index in [2.05, 4.69) is 5.32 Å². The molecule has 2 aliphatic heterocycles. The van der Waals surface area contributed by atoms with Gasteiger partial charge in [-0.25, -0.2) is 0 Å². The molecule has 156 valence electrons. The van der Waals surface area contributed by atoms with Crippen LogP contribution in [0.2, 0.25) is 0 Å². The highest BCUT2D eigenvalue weighted by atomic mass is 16.7. The Hall–Kier alpha value is -3.55. The van der Waals surface area contributed by atoms with Gasteiger partial charge in [-0.2, -0.15) is 0 Å². The average molecular weight is 409 g/mol. The summed E-state index contributed by atoms with van der Waals surface area (Å²) in [4.78, 5) is 40.3. The minimum atomic E-state index is -0.390. The second-order valence-corrected chi connectivity index (χ2v) is 7.41. The van der Waals surface area contributed by atoms with Crippen LogP contribution in [-0.4, -0.2) is 53.9 Å². The molecule has 2 aromatic rings. The average Bonchev–Trinajstić information content (AvgIpc) is 3.19. The molecule has 0 aliphatic carbocycles. The molecule has 3 amide bonds. The quantitative estimate of drug-likeness (QED) is 0.763. The highest BCUT2D eigenvalue weighted by Crippen LogP contribution is 2.32. The molecule has 0 unspecified atom stereocenters. The van der Waals surface area contributed by atoms with Crippen molar-refractivity contribution in [3.05, 3.63) is 53.6 Å². The fourth-order valence-corrected chi connectivity index (χ4v) is 3.44. The van der Waals surface area contributed by atoms with E-state index in [0.29, 0.717) is 36.8 Å². The van der Waals surface area contributed by atoms with Crippen molar-refractivity contribution in [3.63, 3.8) is 0 Å². The van der Waals surface area contributed by atoms with Crippen molar-refractivity contribution in [2.45, 2.75) is 19.9 Å². The Bertz CT molecular complexity index is 973. The molecule has 30 heavy (non-hydrogen) atoms. The molecule has 4 rings (SSSR count). The number of hydrogen-bond acceptors (Lipinski definition) is 5. The van der Waals surface area contributed by atoms with Crippen molar-refractivity contribution < 1.29 is 23.9 Å². The second kappa shape index (κ2) is 8.44. The van der Waals surface area contributed by atoms with Gasteiger partial charge in [0, 0.05) is 25.3 Å². The van der Waals surface area contributed by atoms with Crippen molar-refractivity contribution in [1.29, 1.82) is 0 Å². The topological polar surface area (TPSA) is 88.2 Å². The summed E-state index contributed by atoms with van der Waals surface area (Å²) >= 11 is 0. The van der Waals surface area contributed by atoms with Crippen LogP contribution in [0.3, 0.4) is 0 Å². The lowest BCUT2D eigenvalue weighted by molar-refractivity contribution is -0.146. The van der Waals surface area contributed by atoms with Gasteiger partial charge in [-0.3, -0.25) is 14.4 Å². The molecule has 0 bridgehead atoms. The molecule has 2 aromatic carbocycles. The largest absolute Gasteiger partial charge is 0.454 e. The fraction of sp³-hybridized carbons (Fsp3) is 0.318.